The van der Waals surface area contributed by atoms with E-state index in [-0.39, 0.29) is 6.61 Å². The first-order chi connectivity index (χ1) is 11.9. The van der Waals surface area contributed by atoms with Crippen LogP contribution in [0.15, 0.2) is 24.3 Å². The van der Waals surface area contributed by atoms with Crippen LogP contribution < -0.4 is 4.74 Å². The van der Waals surface area contributed by atoms with Gasteiger partial charge in [0.25, 0.3) is 0 Å². The Morgan fingerprint density at radius 1 is 0.750 bits per heavy atom. The highest BCUT2D eigenvalue weighted by molar-refractivity contribution is 5.27. The van der Waals surface area contributed by atoms with Gasteiger partial charge in [-0.1, -0.05) is 51.2 Å². The van der Waals surface area contributed by atoms with Gasteiger partial charge < -0.3 is 14.2 Å². The molecule has 1 aromatic rings. The monoisotopic (exact) mass is 340 g/mol. The Morgan fingerprint density at radius 3 is 2.08 bits per heavy atom. The molecule has 0 amide bonds. The van der Waals surface area contributed by atoms with Crippen molar-refractivity contribution in [1.82, 2.24) is 0 Å². The van der Waals surface area contributed by atoms with Gasteiger partial charge in [0.1, 0.15) is 19.0 Å². The molecule has 0 atom stereocenters. The minimum atomic E-state index is -0.446. The molecule has 0 N–H and O–H groups in total. The van der Waals surface area contributed by atoms with Crippen LogP contribution >= 0.6 is 0 Å². The number of alkyl halides is 1. The zero-order chi connectivity index (χ0) is 17.3. The lowest BCUT2D eigenvalue weighted by molar-refractivity contribution is 0.0325. The van der Waals surface area contributed by atoms with E-state index >= 15 is 0 Å². The quantitative estimate of drug-likeness (QED) is 0.398. The van der Waals surface area contributed by atoms with Gasteiger partial charge in [0.05, 0.1) is 26.4 Å². The van der Waals surface area contributed by atoms with Gasteiger partial charge in [0.15, 0.2) is 0 Å². The second kappa shape index (κ2) is 15.4. The van der Waals surface area contributed by atoms with E-state index in [4.69, 9.17) is 14.2 Å². The van der Waals surface area contributed by atoms with Crippen molar-refractivity contribution in [2.24, 2.45) is 0 Å². The van der Waals surface area contributed by atoms with Gasteiger partial charge in [-0.25, -0.2) is 4.39 Å². The van der Waals surface area contributed by atoms with Crippen molar-refractivity contribution in [3.8, 4) is 5.75 Å². The topological polar surface area (TPSA) is 27.7 Å². The van der Waals surface area contributed by atoms with E-state index in [1.165, 1.54) is 44.1 Å². The van der Waals surface area contributed by atoms with Crippen molar-refractivity contribution >= 4 is 0 Å². The highest BCUT2D eigenvalue weighted by atomic mass is 19.1. The van der Waals surface area contributed by atoms with E-state index in [1.807, 2.05) is 12.1 Å². The molecule has 0 bridgehead atoms. The SMILES string of the molecule is CCCCCCCCc1ccc(OCCOCCOCCF)cc1. The first-order valence-electron chi connectivity index (χ1n) is 9.30. The molecule has 0 radical (unpaired) electrons. The van der Waals surface area contributed by atoms with Gasteiger partial charge in [-0.15, -0.1) is 0 Å². The summed E-state index contributed by atoms with van der Waals surface area (Å²) in [5.74, 6) is 0.874. The van der Waals surface area contributed by atoms with Crippen molar-refractivity contribution in [2.45, 2.75) is 51.9 Å². The third kappa shape index (κ3) is 11.4. The molecule has 0 aliphatic rings. The highest BCUT2D eigenvalue weighted by Gasteiger charge is 1.97. The van der Waals surface area contributed by atoms with Gasteiger partial charge >= 0.3 is 0 Å². The summed E-state index contributed by atoms with van der Waals surface area (Å²) in [6.07, 6.45) is 9.13. The van der Waals surface area contributed by atoms with Crippen LogP contribution in [0.3, 0.4) is 0 Å². The molecule has 0 aliphatic heterocycles. The lowest BCUT2D eigenvalue weighted by Crippen LogP contribution is -2.11. The largest absolute Gasteiger partial charge is 0.491 e. The van der Waals surface area contributed by atoms with Crippen molar-refractivity contribution in [3.05, 3.63) is 29.8 Å². The standard InChI is InChI=1S/C20H33FO3/c1-2-3-4-5-6-7-8-19-9-11-20(12-10-19)24-18-17-23-16-15-22-14-13-21/h9-12H,2-8,13-18H2,1H3. The van der Waals surface area contributed by atoms with Gasteiger partial charge in [0.2, 0.25) is 0 Å². The minimum Gasteiger partial charge on any atom is -0.491 e. The third-order valence-electron chi connectivity index (χ3n) is 3.83. The second-order valence-electron chi connectivity index (χ2n) is 5.92. The van der Waals surface area contributed by atoms with Crippen LogP contribution in [0.2, 0.25) is 0 Å². The van der Waals surface area contributed by atoms with Crippen molar-refractivity contribution < 1.29 is 18.6 Å². The third-order valence-corrected chi connectivity index (χ3v) is 3.83. The fourth-order valence-corrected chi connectivity index (χ4v) is 2.46. The number of hydrogen-bond donors (Lipinski definition) is 0. The number of aryl methyl sites for hydroxylation is 1. The average molecular weight is 340 g/mol. The lowest BCUT2D eigenvalue weighted by Gasteiger charge is -2.08. The van der Waals surface area contributed by atoms with Gasteiger partial charge in [-0.3, -0.25) is 0 Å². The second-order valence-corrected chi connectivity index (χ2v) is 5.92. The maximum atomic E-state index is 11.8. The number of rotatable bonds is 16. The van der Waals surface area contributed by atoms with Crippen LogP contribution in [0.5, 0.6) is 5.75 Å². The molecule has 0 saturated heterocycles. The molecule has 3 nitrogen and oxygen atoms in total. The highest BCUT2D eigenvalue weighted by Crippen LogP contribution is 2.15. The van der Waals surface area contributed by atoms with E-state index in [0.29, 0.717) is 26.4 Å². The van der Waals surface area contributed by atoms with E-state index in [1.54, 1.807) is 0 Å². The average Bonchev–Trinajstić information content (AvgIpc) is 2.61. The van der Waals surface area contributed by atoms with Crippen LogP contribution in [-0.2, 0) is 15.9 Å². The van der Waals surface area contributed by atoms with Crippen molar-refractivity contribution in [3.63, 3.8) is 0 Å². The summed E-state index contributed by atoms with van der Waals surface area (Å²) < 4.78 is 27.7. The Balaban J connectivity index is 2.01. The number of benzene rings is 1. The molecule has 0 saturated carbocycles. The summed E-state index contributed by atoms with van der Waals surface area (Å²) in [4.78, 5) is 0. The molecular weight excluding hydrogens is 307 g/mol. The number of ether oxygens (including phenoxy) is 3. The molecule has 24 heavy (non-hydrogen) atoms. The molecule has 0 aliphatic carbocycles. The molecule has 4 heteroatoms. The first-order valence-corrected chi connectivity index (χ1v) is 9.30. The number of halogens is 1. The van der Waals surface area contributed by atoms with Gasteiger partial charge in [-0.2, -0.15) is 0 Å². The fraction of sp³-hybridized carbons (Fsp3) is 0.700. The van der Waals surface area contributed by atoms with Gasteiger partial charge in [0, 0.05) is 0 Å². The Labute approximate surface area is 146 Å². The van der Waals surface area contributed by atoms with Crippen LogP contribution in [0.4, 0.5) is 4.39 Å². The van der Waals surface area contributed by atoms with Crippen LogP contribution in [-0.4, -0.2) is 39.7 Å². The van der Waals surface area contributed by atoms with E-state index in [0.717, 1.165) is 12.2 Å². The molecule has 1 aromatic carbocycles. The summed E-state index contributed by atoms with van der Waals surface area (Å²) in [7, 11) is 0. The summed E-state index contributed by atoms with van der Waals surface area (Å²) in [6.45, 7) is 3.87. The Bertz CT molecular complexity index is 381. The van der Waals surface area contributed by atoms with Crippen LogP contribution in [0.25, 0.3) is 0 Å². The fourth-order valence-electron chi connectivity index (χ4n) is 2.46. The van der Waals surface area contributed by atoms with Gasteiger partial charge in [-0.05, 0) is 30.5 Å². The molecule has 0 aromatic heterocycles. The first kappa shape index (κ1) is 20.9. The molecule has 1 rings (SSSR count). The summed E-state index contributed by atoms with van der Waals surface area (Å²) >= 11 is 0. The minimum absolute atomic E-state index is 0.144. The predicted molar refractivity (Wildman–Crippen MR) is 96.6 cm³/mol. The normalized spacial score (nSPS) is 10.9. The Morgan fingerprint density at radius 2 is 1.38 bits per heavy atom. The maximum Gasteiger partial charge on any atom is 0.119 e. The number of hydrogen-bond acceptors (Lipinski definition) is 3. The van der Waals surface area contributed by atoms with E-state index in [2.05, 4.69) is 19.1 Å². The number of unbranched alkanes of at least 4 members (excludes halogenated alkanes) is 5. The van der Waals surface area contributed by atoms with E-state index < -0.39 is 6.67 Å². The smallest absolute Gasteiger partial charge is 0.119 e. The van der Waals surface area contributed by atoms with Crippen molar-refractivity contribution in [2.75, 3.05) is 39.7 Å². The zero-order valence-electron chi connectivity index (χ0n) is 15.1. The summed E-state index contributed by atoms with van der Waals surface area (Å²) in [5.41, 5.74) is 1.37. The molecular formula is C20H33FO3. The van der Waals surface area contributed by atoms with Crippen molar-refractivity contribution in [1.29, 1.82) is 0 Å². The van der Waals surface area contributed by atoms with Crippen LogP contribution in [0, 0.1) is 0 Å². The molecule has 0 spiro atoms. The lowest BCUT2D eigenvalue weighted by atomic mass is 10.0. The van der Waals surface area contributed by atoms with Crippen LogP contribution in [0.1, 0.15) is 51.0 Å². The zero-order valence-corrected chi connectivity index (χ0v) is 15.1. The Kier molecular flexibility index (Phi) is 13.4. The molecule has 0 fully saturated rings. The molecule has 0 heterocycles. The molecule has 0 unspecified atom stereocenters. The van der Waals surface area contributed by atoms with E-state index in [9.17, 15) is 4.39 Å². The maximum absolute atomic E-state index is 11.8. The predicted octanol–water partition coefficient (Wildman–Crippen LogP) is 4.97. The summed E-state index contributed by atoms with van der Waals surface area (Å²) in [6, 6.07) is 8.34. The molecule has 138 valence electrons. The summed E-state index contributed by atoms with van der Waals surface area (Å²) in [5, 5.41) is 0. The Hall–Kier alpha value is -1.13.